The maximum absolute atomic E-state index is 5.36. The Hall–Kier alpha value is -3.41. The number of hydrogen-bond acceptors (Lipinski definition) is 6. The topological polar surface area (TPSA) is 68.2 Å². The average molecular weight is 374 g/mol. The summed E-state index contributed by atoms with van der Waals surface area (Å²) in [7, 11) is 0. The SMILES string of the molecule is CCN(c1ccc(-c2ncon2)cc1)c1cc(-c2c(C)noc2C)ccc1C. The fourth-order valence-corrected chi connectivity index (χ4v) is 3.53. The number of benzene rings is 2. The molecule has 6 heteroatoms. The third kappa shape index (κ3) is 3.17. The molecule has 0 aliphatic rings. The third-order valence-corrected chi connectivity index (χ3v) is 4.94. The summed E-state index contributed by atoms with van der Waals surface area (Å²) in [6, 6.07) is 14.7. The molecule has 0 aliphatic carbocycles. The summed E-state index contributed by atoms with van der Waals surface area (Å²) in [6.45, 7) is 9.04. The molecule has 0 unspecified atom stereocenters. The molecule has 142 valence electrons. The molecule has 4 rings (SSSR count). The minimum Gasteiger partial charge on any atom is -0.361 e. The lowest BCUT2D eigenvalue weighted by molar-refractivity contribution is 0.393. The van der Waals surface area contributed by atoms with E-state index in [1.54, 1.807) is 0 Å². The molecule has 6 nitrogen and oxygen atoms in total. The van der Waals surface area contributed by atoms with Crippen LogP contribution in [0.1, 0.15) is 23.9 Å². The molecule has 0 amide bonds. The Morgan fingerprint density at radius 2 is 1.68 bits per heavy atom. The van der Waals surface area contributed by atoms with Crippen LogP contribution in [0.25, 0.3) is 22.5 Å². The van der Waals surface area contributed by atoms with Crippen molar-refractivity contribution in [2.75, 3.05) is 11.4 Å². The van der Waals surface area contributed by atoms with Crippen molar-refractivity contribution >= 4 is 11.4 Å². The van der Waals surface area contributed by atoms with Gasteiger partial charge in [-0.05, 0) is 69.2 Å². The molecular weight excluding hydrogens is 352 g/mol. The molecule has 2 aromatic carbocycles. The first-order valence-electron chi connectivity index (χ1n) is 9.26. The summed E-state index contributed by atoms with van der Waals surface area (Å²) in [5.74, 6) is 1.42. The summed E-state index contributed by atoms with van der Waals surface area (Å²) in [5, 5.41) is 7.99. The summed E-state index contributed by atoms with van der Waals surface area (Å²) < 4.78 is 10.2. The number of aryl methyl sites for hydroxylation is 3. The van der Waals surface area contributed by atoms with Crippen LogP contribution in [0.3, 0.4) is 0 Å². The minimum absolute atomic E-state index is 0.589. The molecule has 0 saturated carbocycles. The number of nitrogens with zero attached hydrogens (tertiary/aromatic N) is 4. The first-order valence-corrected chi connectivity index (χ1v) is 9.26. The summed E-state index contributed by atoms with van der Waals surface area (Å²) in [4.78, 5) is 6.39. The van der Waals surface area contributed by atoms with Crippen LogP contribution in [-0.4, -0.2) is 21.8 Å². The number of hydrogen-bond donors (Lipinski definition) is 0. The zero-order chi connectivity index (χ0) is 19.7. The van der Waals surface area contributed by atoms with Crippen LogP contribution in [0.2, 0.25) is 0 Å². The van der Waals surface area contributed by atoms with Gasteiger partial charge in [-0.15, -0.1) is 0 Å². The molecule has 0 radical (unpaired) electrons. The smallest absolute Gasteiger partial charge is 0.214 e. The van der Waals surface area contributed by atoms with Crippen molar-refractivity contribution in [2.24, 2.45) is 0 Å². The van der Waals surface area contributed by atoms with Gasteiger partial charge in [-0.2, -0.15) is 4.98 Å². The Morgan fingerprint density at radius 3 is 2.29 bits per heavy atom. The van der Waals surface area contributed by atoms with E-state index in [2.05, 4.69) is 64.4 Å². The molecule has 0 atom stereocenters. The van der Waals surface area contributed by atoms with Gasteiger partial charge in [0.1, 0.15) is 5.76 Å². The van der Waals surface area contributed by atoms with Gasteiger partial charge in [0.2, 0.25) is 12.2 Å². The fourth-order valence-electron chi connectivity index (χ4n) is 3.53. The van der Waals surface area contributed by atoms with E-state index in [9.17, 15) is 0 Å². The van der Waals surface area contributed by atoms with Crippen molar-refractivity contribution in [2.45, 2.75) is 27.7 Å². The first-order chi connectivity index (χ1) is 13.6. The molecule has 0 saturated heterocycles. The number of aromatic nitrogens is 3. The minimum atomic E-state index is 0.589. The summed E-state index contributed by atoms with van der Waals surface area (Å²) in [6.07, 6.45) is 1.34. The van der Waals surface area contributed by atoms with Gasteiger partial charge >= 0.3 is 0 Å². The Kier molecular flexibility index (Phi) is 4.69. The van der Waals surface area contributed by atoms with Crippen LogP contribution in [0.5, 0.6) is 0 Å². The van der Waals surface area contributed by atoms with Gasteiger partial charge in [-0.3, -0.25) is 0 Å². The highest BCUT2D eigenvalue weighted by Gasteiger charge is 2.16. The molecule has 28 heavy (non-hydrogen) atoms. The van der Waals surface area contributed by atoms with Gasteiger partial charge in [-0.1, -0.05) is 22.4 Å². The lowest BCUT2D eigenvalue weighted by Crippen LogP contribution is -2.17. The van der Waals surface area contributed by atoms with Crippen LogP contribution in [-0.2, 0) is 0 Å². The van der Waals surface area contributed by atoms with E-state index in [1.807, 2.05) is 26.0 Å². The number of anilines is 2. The summed E-state index contributed by atoms with van der Waals surface area (Å²) >= 11 is 0. The molecule has 2 heterocycles. The van der Waals surface area contributed by atoms with Gasteiger partial charge in [0.25, 0.3) is 0 Å². The van der Waals surface area contributed by atoms with Gasteiger partial charge in [0, 0.05) is 29.0 Å². The van der Waals surface area contributed by atoms with E-state index >= 15 is 0 Å². The second kappa shape index (κ2) is 7.31. The first kappa shape index (κ1) is 18.0. The van der Waals surface area contributed by atoms with Crippen LogP contribution in [0.15, 0.2) is 57.9 Å². The monoisotopic (exact) mass is 374 g/mol. The predicted molar refractivity (Wildman–Crippen MR) is 109 cm³/mol. The van der Waals surface area contributed by atoms with Crippen molar-refractivity contribution in [3.63, 3.8) is 0 Å². The van der Waals surface area contributed by atoms with E-state index in [4.69, 9.17) is 9.05 Å². The third-order valence-electron chi connectivity index (χ3n) is 4.94. The van der Waals surface area contributed by atoms with Crippen LogP contribution in [0, 0.1) is 20.8 Å². The largest absolute Gasteiger partial charge is 0.361 e. The second-order valence-electron chi connectivity index (χ2n) is 6.75. The molecule has 2 aromatic heterocycles. The van der Waals surface area contributed by atoms with Crippen molar-refractivity contribution in [3.05, 3.63) is 65.9 Å². The maximum Gasteiger partial charge on any atom is 0.214 e. The fraction of sp³-hybridized carbons (Fsp3) is 0.227. The van der Waals surface area contributed by atoms with E-state index < -0.39 is 0 Å². The molecule has 0 spiro atoms. The van der Waals surface area contributed by atoms with E-state index in [-0.39, 0.29) is 0 Å². The average Bonchev–Trinajstić information content (AvgIpc) is 3.35. The van der Waals surface area contributed by atoms with Crippen LogP contribution in [0.4, 0.5) is 11.4 Å². The van der Waals surface area contributed by atoms with Gasteiger partial charge in [0.15, 0.2) is 0 Å². The molecule has 0 N–H and O–H groups in total. The lowest BCUT2D eigenvalue weighted by Gasteiger charge is -2.26. The molecular formula is C22H22N4O2. The van der Waals surface area contributed by atoms with Crippen LogP contribution < -0.4 is 4.90 Å². The van der Waals surface area contributed by atoms with Crippen molar-refractivity contribution in [3.8, 4) is 22.5 Å². The Morgan fingerprint density at radius 1 is 0.929 bits per heavy atom. The van der Waals surface area contributed by atoms with Gasteiger partial charge in [-0.25, -0.2) is 0 Å². The highest BCUT2D eigenvalue weighted by Crippen LogP contribution is 2.35. The molecule has 0 fully saturated rings. The second-order valence-corrected chi connectivity index (χ2v) is 6.75. The Labute approximate surface area is 163 Å². The highest BCUT2D eigenvalue weighted by molar-refractivity contribution is 5.76. The van der Waals surface area contributed by atoms with Gasteiger partial charge < -0.3 is 13.9 Å². The Bertz CT molecular complexity index is 1060. The van der Waals surface area contributed by atoms with E-state index in [1.165, 1.54) is 12.0 Å². The van der Waals surface area contributed by atoms with E-state index in [0.717, 1.165) is 46.1 Å². The standard InChI is InChI=1S/C22H22N4O2/c1-5-26(19-10-8-17(9-11-19)22-23-13-27-25-22)20-12-18(7-6-14(20)2)21-15(3)24-28-16(21)4/h6-13H,5H2,1-4H3. The molecule has 4 aromatic rings. The normalized spacial score (nSPS) is 11.0. The van der Waals surface area contributed by atoms with Crippen molar-refractivity contribution < 1.29 is 9.05 Å². The lowest BCUT2D eigenvalue weighted by atomic mass is 10.0. The maximum atomic E-state index is 5.36. The zero-order valence-electron chi connectivity index (χ0n) is 16.4. The van der Waals surface area contributed by atoms with Crippen molar-refractivity contribution in [1.82, 2.24) is 15.3 Å². The molecule has 0 aliphatic heterocycles. The Balaban J connectivity index is 1.73. The molecule has 0 bridgehead atoms. The quantitative estimate of drug-likeness (QED) is 0.461. The van der Waals surface area contributed by atoms with Crippen LogP contribution >= 0.6 is 0 Å². The predicted octanol–water partition coefficient (Wildman–Crippen LogP) is 5.47. The highest BCUT2D eigenvalue weighted by atomic mass is 16.5. The zero-order valence-corrected chi connectivity index (χ0v) is 16.4. The van der Waals surface area contributed by atoms with E-state index in [0.29, 0.717) is 5.82 Å². The number of rotatable bonds is 5. The van der Waals surface area contributed by atoms with Gasteiger partial charge in [0.05, 0.1) is 5.69 Å². The van der Waals surface area contributed by atoms with Crippen molar-refractivity contribution in [1.29, 1.82) is 0 Å². The summed E-state index contributed by atoms with van der Waals surface area (Å²) in [5.41, 5.74) is 7.47.